The molecule has 0 spiro atoms. The molecular weight excluding hydrogens is 334 g/mol. The predicted molar refractivity (Wildman–Crippen MR) is 101 cm³/mol. The van der Waals surface area contributed by atoms with Gasteiger partial charge in [0.25, 0.3) is 0 Å². The van der Waals surface area contributed by atoms with Crippen molar-refractivity contribution in [1.29, 1.82) is 0 Å². The monoisotopic (exact) mass is 357 g/mol. The van der Waals surface area contributed by atoms with E-state index >= 15 is 0 Å². The van der Waals surface area contributed by atoms with Gasteiger partial charge in [-0.2, -0.15) is 0 Å². The van der Waals surface area contributed by atoms with Crippen LogP contribution in [-0.4, -0.2) is 30.3 Å². The molecule has 25 heavy (non-hydrogen) atoms. The molecule has 1 aromatic heterocycles. The SMILES string of the molecule is Cc1nc2ccccc2n1CCCNS(=O)(=O)CCc1ccccc1. The third kappa shape index (κ3) is 4.67. The quantitative estimate of drug-likeness (QED) is 0.631. The van der Waals surface area contributed by atoms with Gasteiger partial charge in [0.2, 0.25) is 10.0 Å². The number of aromatic nitrogens is 2. The van der Waals surface area contributed by atoms with E-state index in [-0.39, 0.29) is 5.75 Å². The zero-order valence-corrected chi connectivity index (χ0v) is 15.2. The number of aryl methyl sites for hydroxylation is 3. The van der Waals surface area contributed by atoms with Gasteiger partial charge < -0.3 is 4.57 Å². The number of imidazole rings is 1. The first-order valence-corrected chi connectivity index (χ1v) is 10.1. The number of hydrogen-bond donors (Lipinski definition) is 1. The van der Waals surface area contributed by atoms with E-state index < -0.39 is 10.0 Å². The lowest BCUT2D eigenvalue weighted by molar-refractivity contribution is 0.569. The largest absolute Gasteiger partial charge is 0.328 e. The summed E-state index contributed by atoms with van der Waals surface area (Å²) in [6.07, 6.45) is 1.26. The van der Waals surface area contributed by atoms with Gasteiger partial charge in [-0.25, -0.2) is 18.1 Å². The molecule has 0 aliphatic heterocycles. The maximum Gasteiger partial charge on any atom is 0.211 e. The van der Waals surface area contributed by atoms with Crippen molar-refractivity contribution < 1.29 is 8.42 Å². The molecule has 3 rings (SSSR count). The number of para-hydroxylation sites is 2. The van der Waals surface area contributed by atoms with E-state index in [4.69, 9.17) is 0 Å². The van der Waals surface area contributed by atoms with E-state index in [1.807, 2.05) is 61.5 Å². The highest BCUT2D eigenvalue weighted by molar-refractivity contribution is 7.89. The van der Waals surface area contributed by atoms with Crippen molar-refractivity contribution >= 4 is 21.1 Å². The third-order valence-corrected chi connectivity index (χ3v) is 5.61. The summed E-state index contributed by atoms with van der Waals surface area (Å²) < 4.78 is 29.1. The number of hydrogen-bond acceptors (Lipinski definition) is 3. The van der Waals surface area contributed by atoms with E-state index in [0.717, 1.165) is 35.4 Å². The lowest BCUT2D eigenvalue weighted by atomic mass is 10.2. The lowest BCUT2D eigenvalue weighted by Crippen LogP contribution is -2.28. The summed E-state index contributed by atoms with van der Waals surface area (Å²) in [4.78, 5) is 4.53. The second-order valence-corrected chi connectivity index (χ2v) is 8.03. The van der Waals surface area contributed by atoms with Gasteiger partial charge in [-0.15, -0.1) is 0 Å². The highest BCUT2D eigenvalue weighted by Gasteiger charge is 2.10. The molecule has 0 aliphatic carbocycles. The maximum atomic E-state index is 12.1. The molecule has 0 unspecified atom stereocenters. The maximum absolute atomic E-state index is 12.1. The molecule has 0 amide bonds. The van der Waals surface area contributed by atoms with E-state index in [1.54, 1.807) is 0 Å². The fourth-order valence-electron chi connectivity index (χ4n) is 2.91. The molecule has 0 radical (unpaired) electrons. The molecule has 1 heterocycles. The molecule has 1 N–H and O–H groups in total. The first-order valence-electron chi connectivity index (χ1n) is 8.48. The van der Waals surface area contributed by atoms with Crippen LogP contribution in [0.1, 0.15) is 17.8 Å². The van der Waals surface area contributed by atoms with Gasteiger partial charge in [0.15, 0.2) is 0 Å². The Labute approximate surface area is 148 Å². The van der Waals surface area contributed by atoms with E-state index in [9.17, 15) is 8.42 Å². The van der Waals surface area contributed by atoms with Crippen LogP contribution in [0, 0.1) is 6.92 Å². The molecule has 5 nitrogen and oxygen atoms in total. The Morgan fingerprint density at radius 2 is 1.76 bits per heavy atom. The lowest BCUT2D eigenvalue weighted by Gasteiger charge is -2.09. The van der Waals surface area contributed by atoms with Crippen LogP contribution in [-0.2, 0) is 23.0 Å². The van der Waals surface area contributed by atoms with Crippen LogP contribution in [0.4, 0.5) is 0 Å². The molecule has 0 bridgehead atoms. The minimum Gasteiger partial charge on any atom is -0.328 e. The Balaban J connectivity index is 1.49. The van der Waals surface area contributed by atoms with Crippen LogP contribution in [0.15, 0.2) is 54.6 Å². The zero-order chi connectivity index (χ0) is 17.7. The van der Waals surface area contributed by atoms with Gasteiger partial charge in [-0.05, 0) is 37.5 Å². The van der Waals surface area contributed by atoms with Crippen molar-refractivity contribution in [2.75, 3.05) is 12.3 Å². The minimum absolute atomic E-state index is 0.115. The van der Waals surface area contributed by atoms with Gasteiger partial charge >= 0.3 is 0 Å². The minimum atomic E-state index is -3.25. The fourth-order valence-corrected chi connectivity index (χ4v) is 4.02. The second-order valence-electron chi connectivity index (χ2n) is 6.10. The predicted octanol–water partition coefficient (Wildman–Crippen LogP) is 2.90. The molecule has 0 atom stereocenters. The van der Waals surface area contributed by atoms with Crippen LogP contribution in [0.2, 0.25) is 0 Å². The Bertz CT molecular complexity index is 934. The average molecular weight is 357 g/mol. The van der Waals surface area contributed by atoms with Crippen molar-refractivity contribution in [3.05, 3.63) is 66.0 Å². The summed E-state index contributed by atoms with van der Waals surface area (Å²) in [5.74, 6) is 1.07. The van der Waals surface area contributed by atoms with Crippen LogP contribution >= 0.6 is 0 Å². The van der Waals surface area contributed by atoms with Crippen molar-refractivity contribution in [1.82, 2.24) is 14.3 Å². The summed E-state index contributed by atoms with van der Waals surface area (Å²) in [6.45, 7) is 3.15. The molecule has 132 valence electrons. The Hall–Kier alpha value is -2.18. The zero-order valence-electron chi connectivity index (χ0n) is 14.4. The summed E-state index contributed by atoms with van der Waals surface area (Å²) in [6, 6.07) is 17.7. The summed E-state index contributed by atoms with van der Waals surface area (Å²) in [7, 11) is -3.25. The Morgan fingerprint density at radius 3 is 2.56 bits per heavy atom. The van der Waals surface area contributed by atoms with Gasteiger partial charge in [0.1, 0.15) is 5.82 Å². The number of fused-ring (bicyclic) bond motifs is 1. The van der Waals surface area contributed by atoms with Gasteiger partial charge in [-0.3, -0.25) is 0 Å². The van der Waals surface area contributed by atoms with E-state index in [1.165, 1.54) is 0 Å². The third-order valence-electron chi connectivity index (χ3n) is 4.23. The first kappa shape index (κ1) is 17.6. The number of nitrogens with zero attached hydrogens (tertiary/aromatic N) is 2. The number of benzene rings is 2. The molecular formula is C19H23N3O2S. The Morgan fingerprint density at radius 1 is 1.04 bits per heavy atom. The molecule has 0 fully saturated rings. The average Bonchev–Trinajstić information content (AvgIpc) is 2.93. The van der Waals surface area contributed by atoms with Crippen LogP contribution in [0.25, 0.3) is 11.0 Å². The topological polar surface area (TPSA) is 64.0 Å². The second kappa shape index (κ2) is 7.80. The fraction of sp³-hybridized carbons (Fsp3) is 0.316. The standard InChI is InChI=1S/C19H23N3O2S/c1-16-21-18-10-5-6-11-19(18)22(16)14-7-13-20-25(23,24)15-12-17-8-3-2-4-9-17/h2-6,8-11,20H,7,12-15H2,1H3. The molecule has 0 saturated heterocycles. The van der Waals surface area contributed by atoms with Gasteiger partial charge in [0.05, 0.1) is 16.8 Å². The highest BCUT2D eigenvalue weighted by Crippen LogP contribution is 2.15. The van der Waals surface area contributed by atoms with Crippen molar-refractivity contribution in [2.24, 2.45) is 0 Å². The molecule has 0 saturated carbocycles. The molecule has 0 aliphatic rings. The summed E-state index contributed by atoms with van der Waals surface area (Å²) >= 11 is 0. The first-order chi connectivity index (χ1) is 12.1. The van der Waals surface area contributed by atoms with Gasteiger partial charge in [-0.1, -0.05) is 42.5 Å². The highest BCUT2D eigenvalue weighted by atomic mass is 32.2. The van der Waals surface area contributed by atoms with E-state index in [2.05, 4.69) is 14.3 Å². The Kier molecular flexibility index (Phi) is 5.50. The van der Waals surface area contributed by atoms with E-state index in [0.29, 0.717) is 13.0 Å². The van der Waals surface area contributed by atoms with Crippen molar-refractivity contribution in [3.8, 4) is 0 Å². The van der Waals surface area contributed by atoms with Gasteiger partial charge in [0, 0.05) is 13.1 Å². The molecule has 3 aromatic rings. The van der Waals surface area contributed by atoms with Crippen LogP contribution in [0.5, 0.6) is 0 Å². The number of nitrogens with one attached hydrogen (secondary N) is 1. The molecule has 2 aromatic carbocycles. The normalized spacial score (nSPS) is 11.9. The smallest absolute Gasteiger partial charge is 0.211 e. The molecule has 6 heteroatoms. The summed E-state index contributed by atoms with van der Waals surface area (Å²) in [5, 5.41) is 0. The number of sulfonamides is 1. The van der Waals surface area contributed by atoms with Crippen molar-refractivity contribution in [2.45, 2.75) is 26.3 Å². The van der Waals surface area contributed by atoms with Crippen LogP contribution in [0.3, 0.4) is 0 Å². The van der Waals surface area contributed by atoms with Crippen LogP contribution < -0.4 is 4.72 Å². The summed E-state index contributed by atoms with van der Waals surface area (Å²) in [5.41, 5.74) is 3.10. The number of rotatable bonds is 8. The van der Waals surface area contributed by atoms with Crippen molar-refractivity contribution in [3.63, 3.8) is 0 Å².